The van der Waals surface area contributed by atoms with E-state index >= 15 is 0 Å². The first-order valence-electron chi connectivity index (χ1n) is 5.39. The number of hydrogen-bond donors (Lipinski definition) is 1. The van der Waals surface area contributed by atoms with Gasteiger partial charge in [0.2, 0.25) is 11.7 Å². The second kappa shape index (κ2) is 5.30. The molecule has 96 valence electrons. The van der Waals surface area contributed by atoms with Gasteiger partial charge in [0.25, 0.3) is 0 Å². The summed E-state index contributed by atoms with van der Waals surface area (Å²) in [6.07, 6.45) is 2.23. The molecule has 0 aliphatic carbocycles. The predicted molar refractivity (Wildman–Crippen MR) is 68.4 cm³/mol. The molecule has 0 unspecified atom stereocenters. The highest BCUT2D eigenvalue weighted by molar-refractivity contribution is 9.10. The van der Waals surface area contributed by atoms with Gasteiger partial charge in [-0.1, -0.05) is 0 Å². The fourth-order valence-electron chi connectivity index (χ4n) is 1.79. The zero-order valence-corrected chi connectivity index (χ0v) is 11.0. The molecule has 1 aromatic rings. The third-order valence-electron chi connectivity index (χ3n) is 2.57. The number of halogens is 1. The second-order valence-electron chi connectivity index (χ2n) is 3.88. The second-order valence-corrected chi connectivity index (χ2v) is 4.79. The zero-order chi connectivity index (χ0) is 13.1. The average molecular weight is 315 g/mol. The van der Waals surface area contributed by atoms with Gasteiger partial charge in [0.1, 0.15) is 0 Å². The first-order valence-corrected chi connectivity index (χ1v) is 6.19. The lowest BCUT2D eigenvalue weighted by molar-refractivity contribution is -0.384. The van der Waals surface area contributed by atoms with Crippen molar-refractivity contribution in [3.8, 4) is 0 Å². The number of hydrogen-bond acceptors (Lipinski definition) is 5. The van der Waals surface area contributed by atoms with Crippen LogP contribution in [-0.2, 0) is 4.79 Å². The standard InChI is InChI=1S/C10H11BrN4O3/c11-7-4-8(15(17)18)10(13-5-7)14-3-1-2-12-9(16)6-14/h4-5H,1-3,6H2,(H,12,16). The van der Waals surface area contributed by atoms with Gasteiger partial charge in [-0.2, -0.15) is 0 Å². The van der Waals surface area contributed by atoms with Crippen LogP contribution in [-0.4, -0.2) is 35.4 Å². The van der Waals surface area contributed by atoms with Gasteiger partial charge in [-0.3, -0.25) is 14.9 Å². The van der Waals surface area contributed by atoms with E-state index in [0.29, 0.717) is 17.6 Å². The van der Waals surface area contributed by atoms with Crippen LogP contribution in [0, 0.1) is 10.1 Å². The smallest absolute Gasteiger partial charge is 0.312 e. The van der Waals surface area contributed by atoms with Crippen molar-refractivity contribution in [2.45, 2.75) is 6.42 Å². The molecule has 1 aliphatic rings. The minimum absolute atomic E-state index is 0.0927. The van der Waals surface area contributed by atoms with Crippen LogP contribution in [0.5, 0.6) is 0 Å². The Balaban J connectivity index is 2.36. The summed E-state index contributed by atoms with van der Waals surface area (Å²) in [5.74, 6) is 0.0896. The largest absolute Gasteiger partial charge is 0.354 e. The van der Waals surface area contributed by atoms with Crippen molar-refractivity contribution in [2.75, 3.05) is 24.5 Å². The van der Waals surface area contributed by atoms with Crippen LogP contribution in [0.4, 0.5) is 11.5 Å². The molecule has 7 nitrogen and oxygen atoms in total. The molecule has 1 fully saturated rings. The highest BCUT2D eigenvalue weighted by Gasteiger charge is 2.24. The van der Waals surface area contributed by atoms with Gasteiger partial charge in [-0.25, -0.2) is 4.98 Å². The van der Waals surface area contributed by atoms with Crippen molar-refractivity contribution in [1.29, 1.82) is 0 Å². The summed E-state index contributed by atoms with van der Waals surface area (Å²) in [4.78, 5) is 27.7. The highest BCUT2D eigenvalue weighted by Crippen LogP contribution is 2.28. The molecule has 0 aromatic carbocycles. The molecular weight excluding hydrogens is 304 g/mol. The maximum absolute atomic E-state index is 11.5. The number of nitrogens with zero attached hydrogens (tertiary/aromatic N) is 3. The maximum Gasteiger partial charge on any atom is 0.312 e. The third-order valence-corrected chi connectivity index (χ3v) is 3.01. The lowest BCUT2D eigenvalue weighted by Gasteiger charge is -2.19. The van der Waals surface area contributed by atoms with Crippen LogP contribution < -0.4 is 10.2 Å². The molecule has 0 bridgehead atoms. The van der Waals surface area contributed by atoms with Gasteiger partial charge in [0.05, 0.1) is 11.5 Å². The molecule has 2 heterocycles. The Kier molecular flexibility index (Phi) is 3.75. The van der Waals surface area contributed by atoms with E-state index in [0.717, 1.165) is 6.42 Å². The fourth-order valence-corrected chi connectivity index (χ4v) is 2.11. The molecular formula is C10H11BrN4O3. The maximum atomic E-state index is 11.5. The quantitative estimate of drug-likeness (QED) is 0.652. The van der Waals surface area contributed by atoms with E-state index in [9.17, 15) is 14.9 Å². The van der Waals surface area contributed by atoms with E-state index in [4.69, 9.17) is 0 Å². The lowest BCUT2D eigenvalue weighted by atomic mass is 10.3. The minimum atomic E-state index is -0.490. The molecule has 1 aliphatic heterocycles. The number of aromatic nitrogens is 1. The molecule has 0 radical (unpaired) electrons. The molecule has 1 saturated heterocycles. The Labute approximate surface area is 111 Å². The van der Waals surface area contributed by atoms with Crippen LogP contribution in [0.1, 0.15) is 6.42 Å². The number of nitrogens with one attached hydrogen (secondary N) is 1. The van der Waals surface area contributed by atoms with E-state index in [1.165, 1.54) is 12.3 Å². The first kappa shape index (κ1) is 12.7. The van der Waals surface area contributed by atoms with Crippen LogP contribution in [0.2, 0.25) is 0 Å². The SMILES string of the molecule is O=C1CN(c2ncc(Br)cc2[N+](=O)[O-])CCCN1. The zero-order valence-electron chi connectivity index (χ0n) is 9.43. The van der Waals surface area contributed by atoms with Crippen molar-refractivity contribution in [1.82, 2.24) is 10.3 Å². The minimum Gasteiger partial charge on any atom is -0.354 e. The van der Waals surface area contributed by atoms with E-state index in [-0.39, 0.29) is 24.0 Å². The Bertz CT molecular complexity index is 494. The summed E-state index contributed by atoms with van der Waals surface area (Å²) >= 11 is 3.15. The molecule has 1 aromatic heterocycles. The number of carbonyl (C=O) groups excluding carboxylic acids is 1. The van der Waals surface area contributed by atoms with Crippen molar-refractivity contribution in [3.63, 3.8) is 0 Å². The highest BCUT2D eigenvalue weighted by atomic mass is 79.9. The average Bonchev–Trinajstić information content (AvgIpc) is 2.53. The topological polar surface area (TPSA) is 88.4 Å². The van der Waals surface area contributed by atoms with Gasteiger partial charge in [0, 0.05) is 29.8 Å². The summed E-state index contributed by atoms with van der Waals surface area (Å²) in [6, 6.07) is 1.39. The Morgan fingerprint density at radius 2 is 2.33 bits per heavy atom. The van der Waals surface area contributed by atoms with E-state index in [2.05, 4.69) is 26.2 Å². The number of anilines is 1. The fraction of sp³-hybridized carbons (Fsp3) is 0.400. The molecule has 18 heavy (non-hydrogen) atoms. The van der Waals surface area contributed by atoms with Gasteiger partial charge in [0.15, 0.2) is 0 Å². The van der Waals surface area contributed by atoms with Crippen molar-refractivity contribution >= 4 is 33.3 Å². The van der Waals surface area contributed by atoms with E-state index in [1.54, 1.807) is 4.90 Å². The monoisotopic (exact) mass is 314 g/mol. The van der Waals surface area contributed by atoms with Gasteiger partial charge >= 0.3 is 5.69 Å². The van der Waals surface area contributed by atoms with Gasteiger partial charge in [-0.15, -0.1) is 0 Å². The molecule has 0 atom stereocenters. The number of amides is 1. The van der Waals surface area contributed by atoms with Crippen molar-refractivity contribution in [3.05, 3.63) is 26.9 Å². The summed E-state index contributed by atoms with van der Waals surface area (Å²) in [6.45, 7) is 1.24. The van der Waals surface area contributed by atoms with Crippen LogP contribution in [0.25, 0.3) is 0 Å². The Hall–Kier alpha value is -1.70. The summed E-state index contributed by atoms with van der Waals surface area (Å²) in [5.41, 5.74) is -0.0981. The Morgan fingerprint density at radius 1 is 1.56 bits per heavy atom. The molecule has 0 spiro atoms. The number of rotatable bonds is 2. The predicted octanol–water partition coefficient (Wildman–Crippen LogP) is 1.08. The van der Waals surface area contributed by atoms with Crippen LogP contribution in [0.3, 0.4) is 0 Å². The molecule has 1 N–H and O–H groups in total. The summed E-state index contributed by atoms with van der Waals surface area (Å²) in [7, 11) is 0. The van der Waals surface area contributed by atoms with Crippen molar-refractivity contribution < 1.29 is 9.72 Å². The van der Waals surface area contributed by atoms with Gasteiger partial charge in [-0.05, 0) is 22.4 Å². The first-order chi connectivity index (χ1) is 8.58. The van der Waals surface area contributed by atoms with Crippen LogP contribution >= 0.6 is 15.9 Å². The summed E-state index contributed by atoms with van der Waals surface area (Å²) in [5, 5.41) is 13.7. The molecule has 8 heteroatoms. The summed E-state index contributed by atoms with van der Waals surface area (Å²) < 4.78 is 0.539. The molecule has 1 amide bonds. The number of nitro groups is 1. The lowest BCUT2D eigenvalue weighted by Crippen LogP contribution is -2.33. The normalized spacial score (nSPS) is 16.1. The number of pyridine rings is 1. The van der Waals surface area contributed by atoms with Crippen LogP contribution in [0.15, 0.2) is 16.7 Å². The molecule has 0 saturated carbocycles. The number of carbonyl (C=O) groups is 1. The van der Waals surface area contributed by atoms with Crippen molar-refractivity contribution in [2.24, 2.45) is 0 Å². The van der Waals surface area contributed by atoms with E-state index in [1.807, 2.05) is 0 Å². The third kappa shape index (κ3) is 2.76. The Morgan fingerprint density at radius 3 is 3.06 bits per heavy atom. The van der Waals surface area contributed by atoms with E-state index < -0.39 is 4.92 Å². The molecule has 2 rings (SSSR count). The van der Waals surface area contributed by atoms with Gasteiger partial charge < -0.3 is 10.2 Å².